The average Bonchev–Trinajstić information content (AvgIpc) is 1.12. The second kappa shape index (κ2) is 9.87. The Hall–Kier alpha value is 1.79. The molecule has 56 valence electrons. The van der Waals surface area contributed by atoms with E-state index in [9.17, 15) is 0 Å². The minimum absolute atomic E-state index is 0. The molecule has 1 heterocycles. The third-order valence-corrected chi connectivity index (χ3v) is 0.333. The van der Waals surface area contributed by atoms with E-state index in [2.05, 4.69) is 9.78 Å². The third-order valence-electron chi connectivity index (χ3n) is 0.333. The first kappa shape index (κ1) is 18.5. The standard InChI is InChI=1S/C2H4O2.2Na.H2O4S/c1-2-4-3-1;;;1-5(2,3)4/h1-2H2;;;(H2,1,2,3,4)/q;2*+1;/p-2. The Labute approximate surface area is 109 Å². The van der Waals surface area contributed by atoms with Crippen LogP contribution in [0.25, 0.3) is 0 Å². The molecule has 1 fully saturated rings. The maximum absolute atomic E-state index is 8.52. The molecule has 0 aromatic rings. The van der Waals surface area contributed by atoms with Crippen molar-refractivity contribution < 1.29 is 86.4 Å². The van der Waals surface area contributed by atoms with Gasteiger partial charge in [-0.3, -0.25) is 8.42 Å². The molecule has 0 aliphatic carbocycles. The molecular formula is C2H4Na2O6S. The fourth-order valence-corrected chi connectivity index (χ4v) is 0.0833. The van der Waals surface area contributed by atoms with Gasteiger partial charge in [0.2, 0.25) is 0 Å². The van der Waals surface area contributed by atoms with Gasteiger partial charge in [-0.05, 0) is 0 Å². The van der Waals surface area contributed by atoms with E-state index in [-0.39, 0.29) is 59.1 Å². The zero-order valence-electron chi connectivity index (χ0n) is 6.27. The monoisotopic (exact) mass is 202 g/mol. The first-order chi connectivity index (χ1) is 4.00. The van der Waals surface area contributed by atoms with Crippen LogP contribution in [0.15, 0.2) is 0 Å². The van der Waals surface area contributed by atoms with Gasteiger partial charge >= 0.3 is 59.1 Å². The van der Waals surface area contributed by atoms with Crippen LogP contribution < -0.4 is 59.1 Å². The van der Waals surface area contributed by atoms with E-state index >= 15 is 0 Å². The van der Waals surface area contributed by atoms with Crippen LogP contribution in [-0.2, 0) is 20.2 Å². The molecule has 0 aromatic heterocycles. The van der Waals surface area contributed by atoms with Crippen LogP contribution in [-0.4, -0.2) is 30.7 Å². The summed E-state index contributed by atoms with van der Waals surface area (Å²) in [5.41, 5.74) is 0. The maximum Gasteiger partial charge on any atom is 1.00 e. The van der Waals surface area contributed by atoms with Gasteiger partial charge in [-0.2, -0.15) is 0 Å². The van der Waals surface area contributed by atoms with Crippen molar-refractivity contribution in [2.45, 2.75) is 0 Å². The van der Waals surface area contributed by atoms with Gasteiger partial charge in [-0.15, -0.1) is 0 Å². The summed E-state index contributed by atoms with van der Waals surface area (Å²) in [5.74, 6) is 0. The summed E-state index contributed by atoms with van der Waals surface area (Å²) in [7, 11) is -5.17. The van der Waals surface area contributed by atoms with Crippen molar-refractivity contribution in [3.05, 3.63) is 0 Å². The molecule has 9 heteroatoms. The van der Waals surface area contributed by atoms with E-state index in [0.717, 1.165) is 13.2 Å². The number of hydrogen-bond acceptors (Lipinski definition) is 6. The molecule has 6 nitrogen and oxygen atoms in total. The van der Waals surface area contributed by atoms with Crippen LogP contribution in [0.2, 0.25) is 0 Å². The summed E-state index contributed by atoms with van der Waals surface area (Å²) in [6.45, 7) is 1.56. The molecule has 1 aliphatic heterocycles. The smallest absolute Gasteiger partial charge is 0.759 e. The van der Waals surface area contributed by atoms with E-state index in [1.165, 1.54) is 0 Å². The zero-order chi connectivity index (χ0) is 7.33. The zero-order valence-corrected chi connectivity index (χ0v) is 11.1. The van der Waals surface area contributed by atoms with Gasteiger partial charge in [0.25, 0.3) is 0 Å². The number of rotatable bonds is 0. The normalized spacial score (nSPS) is 14.0. The van der Waals surface area contributed by atoms with Gasteiger partial charge in [0.1, 0.15) is 13.2 Å². The van der Waals surface area contributed by atoms with E-state index in [1.807, 2.05) is 0 Å². The second-order valence-electron chi connectivity index (χ2n) is 1.05. The Bertz CT molecular complexity index is 138. The fourth-order valence-electron chi connectivity index (χ4n) is 0.0833. The van der Waals surface area contributed by atoms with E-state index < -0.39 is 10.4 Å². The average molecular weight is 202 g/mol. The minimum Gasteiger partial charge on any atom is -0.759 e. The van der Waals surface area contributed by atoms with E-state index in [4.69, 9.17) is 17.5 Å². The third kappa shape index (κ3) is 33.7. The van der Waals surface area contributed by atoms with E-state index in [1.54, 1.807) is 0 Å². The summed E-state index contributed by atoms with van der Waals surface area (Å²) in [6.07, 6.45) is 0. The molecule has 0 unspecified atom stereocenters. The summed E-state index contributed by atoms with van der Waals surface area (Å²) in [5, 5.41) is 0. The summed E-state index contributed by atoms with van der Waals surface area (Å²) < 4.78 is 34.1. The first-order valence-corrected chi connectivity index (χ1v) is 3.24. The molecule has 0 atom stereocenters. The van der Waals surface area contributed by atoms with Crippen molar-refractivity contribution in [3.8, 4) is 0 Å². The Kier molecular flexibility index (Phi) is 16.7. The van der Waals surface area contributed by atoms with Crippen LogP contribution in [0.5, 0.6) is 0 Å². The minimum atomic E-state index is -5.17. The fraction of sp³-hybridized carbons (Fsp3) is 1.00. The largest absolute Gasteiger partial charge is 1.00 e. The maximum atomic E-state index is 8.52. The Morgan fingerprint density at radius 3 is 1.09 bits per heavy atom. The molecule has 0 amide bonds. The van der Waals surface area contributed by atoms with E-state index in [0.29, 0.717) is 0 Å². The Morgan fingerprint density at radius 2 is 1.09 bits per heavy atom. The molecule has 0 spiro atoms. The first-order valence-electron chi connectivity index (χ1n) is 1.91. The molecule has 1 rings (SSSR count). The molecule has 0 radical (unpaired) electrons. The Morgan fingerprint density at radius 1 is 1.00 bits per heavy atom. The molecule has 0 bridgehead atoms. The van der Waals surface area contributed by atoms with Crippen LogP contribution in [0, 0.1) is 0 Å². The summed E-state index contributed by atoms with van der Waals surface area (Å²) >= 11 is 0. The van der Waals surface area contributed by atoms with Crippen molar-refractivity contribution in [1.82, 2.24) is 0 Å². The SMILES string of the molecule is C1COO1.O=S(=O)([O-])[O-].[Na+].[Na+]. The molecule has 0 N–H and O–H groups in total. The van der Waals surface area contributed by atoms with Crippen molar-refractivity contribution >= 4 is 10.4 Å². The number of hydrogen-bond donors (Lipinski definition) is 0. The van der Waals surface area contributed by atoms with Crippen molar-refractivity contribution in [3.63, 3.8) is 0 Å². The van der Waals surface area contributed by atoms with Gasteiger partial charge in [0.15, 0.2) is 0 Å². The summed E-state index contributed by atoms with van der Waals surface area (Å²) in [6, 6.07) is 0. The molecule has 1 saturated heterocycles. The quantitative estimate of drug-likeness (QED) is 0.167. The van der Waals surface area contributed by atoms with Gasteiger partial charge in [0, 0.05) is 10.4 Å². The van der Waals surface area contributed by atoms with Gasteiger partial charge in [-0.25, -0.2) is 9.78 Å². The van der Waals surface area contributed by atoms with Crippen LogP contribution in [0.3, 0.4) is 0 Å². The molecule has 1 aliphatic rings. The molecule has 0 aromatic carbocycles. The van der Waals surface area contributed by atoms with Gasteiger partial charge < -0.3 is 9.11 Å². The van der Waals surface area contributed by atoms with Crippen molar-refractivity contribution in [1.29, 1.82) is 0 Å². The molecular weight excluding hydrogens is 198 g/mol. The van der Waals surface area contributed by atoms with Crippen molar-refractivity contribution in [2.75, 3.05) is 13.2 Å². The topological polar surface area (TPSA) is 98.7 Å². The predicted octanol–water partition coefficient (Wildman–Crippen LogP) is -7.38. The summed E-state index contributed by atoms with van der Waals surface area (Å²) in [4.78, 5) is 8.44. The second-order valence-corrected chi connectivity index (χ2v) is 1.87. The molecule has 0 saturated carbocycles. The van der Waals surface area contributed by atoms with Gasteiger partial charge in [0.05, 0.1) is 0 Å². The van der Waals surface area contributed by atoms with Gasteiger partial charge in [-0.1, -0.05) is 0 Å². The van der Waals surface area contributed by atoms with Crippen molar-refractivity contribution in [2.24, 2.45) is 0 Å². The van der Waals surface area contributed by atoms with Crippen LogP contribution >= 0.6 is 0 Å². The van der Waals surface area contributed by atoms with Crippen LogP contribution in [0.1, 0.15) is 0 Å². The van der Waals surface area contributed by atoms with Crippen LogP contribution in [0.4, 0.5) is 0 Å². The Balaban J connectivity index is -0.0000000990. The molecule has 11 heavy (non-hydrogen) atoms. The predicted molar refractivity (Wildman–Crippen MR) is 22.4 cm³/mol.